The number of aromatic hydroxyl groups is 1. The van der Waals surface area contributed by atoms with Crippen molar-refractivity contribution >= 4 is 23.7 Å². The monoisotopic (exact) mass is 493 g/mol. The van der Waals surface area contributed by atoms with E-state index in [2.05, 4.69) is 0 Å². The number of benzene rings is 2. The van der Waals surface area contributed by atoms with Gasteiger partial charge in [-0.15, -0.1) is 0 Å². The second-order valence-corrected chi connectivity index (χ2v) is 10.2. The zero-order valence-corrected chi connectivity index (χ0v) is 21.0. The molecule has 2 heterocycles. The molecule has 0 unspecified atom stereocenters. The van der Waals surface area contributed by atoms with Crippen LogP contribution in [0.3, 0.4) is 0 Å². The van der Waals surface area contributed by atoms with Crippen molar-refractivity contribution in [3.63, 3.8) is 0 Å². The summed E-state index contributed by atoms with van der Waals surface area (Å²) in [5, 5.41) is 10.6. The van der Waals surface area contributed by atoms with Crippen molar-refractivity contribution in [2.24, 2.45) is 0 Å². The van der Waals surface area contributed by atoms with Gasteiger partial charge < -0.3 is 24.2 Å². The summed E-state index contributed by atoms with van der Waals surface area (Å²) >= 11 is 0. The van der Waals surface area contributed by atoms with Crippen LogP contribution in [0.2, 0.25) is 0 Å². The highest BCUT2D eigenvalue weighted by Crippen LogP contribution is 2.42. The predicted octanol–water partition coefficient (Wildman–Crippen LogP) is 5.03. The Kier molecular flexibility index (Phi) is 6.80. The fourth-order valence-corrected chi connectivity index (χ4v) is 4.43. The van der Waals surface area contributed by atoms with Crippen molar-refractivity contribution in [1.82, 2.24) is 4.90 Å². The lowest BCUT2D eigenvalue weighted by Gasteiger charge is -2.44. The van der Waals surface area contributed by atoms with Gasteiger partial charge >= 0.3 is 6.09 Å². The van der Waals surface area contributed by atoms with Gasteiger partial charge in [0.05, 0.1) is 24.7 Å². The van der Waals surface area contributed by atoms with E-state index in [4.69, 9.17) is 14.2 Å². The van der Waals surface area contributed by atoms with Crippen LogP contribution in [0.1, 0.15) is 66.3 Å². The van der Waals surface area contributed by atoms with Gasteiger partial charge in [-0.1, -0.05) is 18.2 Å². The van der Waals surface area contributed by atoms with Crippen LogP contribution in [0.5, 0.6) is 17.2 Å². The molecule has 1 N–H and O–H groups in total. The number of amides is 1. The van der Waals surface area contributed by atoms with E-state index in [9.17, 15) is 19.5 Å². The van der Waals surface area contributed by atoms with E-state index in [0.717, 1.165) is 5.56 Å². The maximum absolute atomic E-state index is 13.1. The quantitative estimate of drug-likeness (QED) is 0.471. The van der Waals surface area contributed by atoms with Crippen LogP contribution in [0.4, 0.5) is 4.79 Å². The molecule has 2 aromatic rings. The van der Waals surface area contributed by atoms with Gasteiger partial charge in [0.25, 0.3) is 0 Å². The molecule has 0 saturated carbocycles. The highest BCUT2D eigenvalue weighted by Gasteiger charge is 2.44. The molecule has 8 nitrogen and oxygen atoms in total. The van der Waals surface area contributed by atoms with E-state index in [0.29, 0.717) is 31.7 Å². The number of ketones is 2. The molecule has 2 aliphatic heterocycles. The van der Waals surface area contributed by atoms with Crippen LogP contribution in [-0.4, -0.2) is 59.1 Å². The van der Waals surface area contributed by atoms with Crippen LogP contribution in [0.15, 0.2) is 42.5 Å². The van der Waals surface area contributed by atoms with E-state index >= 15 is 0 Å². The molecule has 1 saturated heterocycles. The summed E-state index contributed by atoms with van der Waals surface area (Å²) in [7, 11) is 1.56. The minimum atomic E-state index is -0.757. The van der Waals surface area contributed by atoms with Crippen molar-refractivity contribution in [2.45, 2.75) is 51.2 Å². The number of ether oxygens (including phenoxy) is 3. The van der Waals surface area contributed by atoms with Crippen LogP contribution < -0.4 is 9.47 Å². The average molecular weight is 494 g/mol. The minimum Gasteiger partial charge on any atom is -0.507 e. The smallest absolute Gasteiger partial charge is 0.410 e. The number of Topliss-reactive ketones (excluding diaryl/α,β-unsaturated/α-hetero) is 1. The molecule has 0 radical (unpaired) electrons. The predicted molar refractivity (Wildman–Crippen MR) is 134 cm³/mol. The van der Waals surface area contributed by atoms with Gasteiger partial charge in [0.15, 0.2) is 11.6 Å². The molecular weight excluding hydrogens is 462 g/mol. The Bertz CT molecular complexity index is 1220. The summed E-state index contributed by atoms with van der Waals surface area (Å²) in [4.78, 5) is 39.9. The number of likely N-dealkylation sites (tertiary alicyclic amines) is 1. The third-order valence-electron chi connectivity index (χ3n) is 6.32. The van der Waals surface area contributed by atoms with Gasteiger partial charge in [0.1, 0.15) is 28.5 Å². The van der Waals surface area contributed by atoms with Crippen LogP contribution in [0.25, 0.3) is 6.08 Å². The lowest BCUT2D eigenvalue weighted by molar-refractivity contribution is -0.0226. The van der Waals surface area contributed by atoms with Gasteiger partial charge in [-0.25, -0.2) is 4.79 Å². The Morgan fingerprint density at radius 2 is 1.86 bits per heavy atom. The molecule has 190 valence electrons. The molecule has 36 heavy (non-hydrogen) atoms. The molecule has 0 atom stereocenters. The average Bonchev–Trinajstić information content (AvgIpc) is 2.81. The zero-order chi connectivity index (χ0) is 26.1. The van der Waals surface area contributed by atoms with Gasteiger partial charge in [-0.3, -0.25) is 9.59 Å². The van der Waals surface area contributed by atoms with Gasteiger partial charge in [0, 0.05) is 32.0 Å². The third-order valence-corrected chi connectivity index (χ3v) is 6.32. The number of rotatable bonds is 4. The molecular formula is C28H31NO7. The third kappa shape index (κ3) is 5.53. The van der Waals surface area contributed by atoms with E-state index < -0.39 is 17.0 Å². The number of phenols is 1. The van der Waals surface area contributed by atoms with Crippen LogP contribution >= 0.6 is 0 Å². The summed E-state index contributed by atoms with van der Waals surface area (Å²) in [5.41, 5.74) is -0.281. The molecule has 1 spiro atoms. The number of nitrogens with zero attached hydrogens (tertiary/aromatic N) is 1. The summed E-state index contributed by atoms with van der Waals surface area (Å²) in [6.07, 6.45) is 3.64. The second kappa shape index (κ2) is 9.68. The standard InChI is InChI=1S/C28H31NO7/c1-27(2,3)36-26(33)29-12-10-28(11-13-29)17-24(32)21-15-20(23(31)16-25(21)35-28)22(30)9-8-18-6-5-7-19(14-18)34-4/h5-9,14-16,31H,10-13,17H2,1-4H3/b9-8+. The van der Waals surface area contributed by atoms with Crippen molar-refractivity contribution in [1.29, 1.82) is 0 Å². The largest absolute Gasteiger partial charge is 0.507 e. The molecule has 0 aliphatic carbocycles. The number of allylic oxidation sites excluding steroid dienone is 1. The Morgan fingerprint density at radius 1 is 1.14 bits per heavy atom. The molecule has 8 heteroatoms. The highest BCUT2D eigenvalue weighted by atomic mass is 16.6. The van der Waals surface area contributed by atoms with Gasteiger partial charge in [-0.2, -0.15) is 0 Å². The summed E-state index contributed by atoms with van der Waals surface area (Å²) in [6.45, 7) is 6.24. The van der Waals surface area contributed by atoms with Crippen LogP contribution in [0, 0.1) is 0 Å². The molecule has 0 aromatic heterocycles. The van der Waals surface area contributed by atoms with Crippen molar-refractivity contribution in [2.75, 3.05) is 20.2 Å². The topological polar surface area (TPSA) is 102 Å². The second-order valence-electron chi connectivity index (χ2n) is 10.2. The summed E-state index contributed by atoms with van der Waals surface area (Å²) < 4.78 is 16.9. The van der Waals surface area contributed by atoms with Crippen molar-refractivity contribution in [3.05, 3.63) is 59.2 Å². The SMILES string of the molecule is COc1cccc(/C=C/C(=O)c2cc3c(cc2O)OC2(CCN(C(=O)OC(C)(C)C)CC2)CC3=O)c1. The number of phenolic OH excluding ortho intramolecular Hbond substituents is 1. The fourth-order valence-electron chi connectivity index (χ4n) is 4.43. The Hall–Kier alpha value is -3.81. The number of hydrogen-bond acceptors (Lipinski definition) is 7. The van der Waals surface area contributed by atoms with Gasteiger partial charge in [-0.05, 0) is 50.6 Å². The van der Waals surface area contributed by atoms with Crippen molar-refractivity contribution in [3.8, 4) is 17.2 Å². The number of piperidine rings is 1. The molecule has 1 amide bonds. The normalized spacial score (nSPS) is 17.0. The first kappa shape index (κ1) is 25.3. The number of carbonyl (C=O) groups excluding carboxylic acids is 3. The molecule has 2 aromatic carbocycles. The Morgan fingerprint density at radius 3 is 2.53 bits per heavy atom. The van der Waals surface area contributed by atoms with Gasteiger partial charge in [0.2, 0.25) is 0 Å². The van der Waals surface area contributed by atoms with E-state index in [1.165, 1.54) is 18.2 Å². The maximum atomic E-state index is 13.1. The van der Waals surface area contributed by atoms with Crippen molar-refractivity contribution < 1.29 is 33.7 Å². The number of methoxy groups -OCH3 is 1. The molecule has 1 fully saturated rings. The summed E-state index contributed by atoms with van der Waals surface area (Å²) in [5.74, 6) is 0.0624. The highest BCUT2D eigenvalue weighted by molar-refractivity contribution is 6.11. The van der Waals surface area contributed by atoms with E-state index in [1.54, 1.807) is 30.2 Å². The lowest BCUT2D eigenvalue weighted by atomic mass is 9.82. The molecule has 2 aliphatic rings. The first-order valence-corrected chi connectivity index (χ1v) is 11.9. The zero-order valence-electron chi connectivity index (χ0n) is 21.0. The first-order chi connectivity index (χ1) is 17.0. The lowest BCUT2D eigenvalue weighted by Crippen LogP contribution is -2.53. The van der Waals surface area contributed by atoms with E-state index in [1.807, 2.05) is 32.9 Å². The molecule has 0 bridgehead atoms. The Balaban J connectivity index is 1.48. The number of carbonyl (C=O) groups is 3. The maximum Gasteiger partial charge on any atom is 0.410 e. The van der Waals surface area contributed by atoms with E-state index in [-0.39, 0.29) is 40.9 Å². The number of hydrogen-bond donors (Lipinski definition) is 1. The minimum absolute atomic E-state index is 0.0283. The molecule has 4 rings (SSSR count). The fraction of sp³-hybridized carbons (Fsp3) is 0.393. The summed E-state index contributed by atoms with van der Waals surface area (Å²) in [6, 6.07) is 9.94. The van der Waals surface area contributed by atoms with Crippen LogP contribution in [-0.2, 0) is 4.74 Å². The first-order valence-electron chi connectivity index (χ1n) is 11.9. The Labute approximate surface area is 210 Å². The number of fused-ring (bicyclic) bond motifs is 1.